The van der Waals surface area contributed by atoms with Gasteiger partial charge in [0.2, 0.25) is 0 Å². The third-order valence-corrected chi connectivity index (χ3v) is 4.03. The Bertz CT molecular complexity index is 409. The van der Waals surface area contributed by atoms with Crippen molar-refractivity contribution in [3.8, 4) is 0 Å². The maximum Gasteiger partial charge on any atom is -0.0213 e. The van der Waals surface area contributed by atoms with Crippen LogP contribution in [0.15, 0.2) is 0 Å². The van der Waals surface area contributed by atoms with E-state index in [2.05, 4.69) is 55.4 Å². The molecule has 0 unspecified atom stereocenters. The van der Waals surface area contributed by atoms with Gasteiger partial charge in [0.1, 0.15) is 0 Å². The summed E-state index contributed by atoms with van der Waals surface area (Å²) in [4.78, 5) is 0. The van der Waals surface area contributed by atoms with Crippen LogP contribution in [-0.2, 0) is 6.42 Å². The molecule has 0 spiro atoms. The number of hydrogen-bond acceptors (Lipinski definition) is 0. The molecule has 1 aromatic rings. The minimum absolute atomic E-state index is 0.625. The average molecular weight is 232 g/mol. The molecule has 0 fully saturated rings. The standard InChI is InChI=1S/C17H28/c1-10(2)9-16-13(6)12(5)14(7)17(11(3)4)15(16)8/h10-11H,9H2,1-8H3. The summed E-state index contributed by atoms with van der Waals surface area (Å²) < 4.78 is 0. The van der Waals surface area contributed by atoms with Crippen molar-refractivity contribution in [2.45, 2.75) is 67.7 Å². The Balaban J connectivity index is 3.50. The molecule has 0 heteroatoms. The van der Waals surface area contributed by atoms with Crippen molar-refractivity contribution in [3.05, 3.63) is 33.4 Å². The van der Waals surface area contributed by atoms with Crippen LogP contribution < -0.4 is 0 Å². The smallest absolute Gasteiger partial charge is 0.0213 e. The highest BCUT2D eigenvalue weighted by atomic mass is 14.2. The van der Waals surface area contributed by atoms with Crippen LogP contribution in [0.5, 0.6) is 0 Å². The summed E-state index contributed by atoms with van der Waals surface area (Å²) in [5.74, 6) is 1.36. The van der Waals surface area contributed by atoms with Crippen LogP contribution >= 0.6 is 0 Å². The Morgan fingerprint density at radius 2 is 1.24 bits per heavy atom. The van der Waals surface area contributed by atoms with Crippen LogP contribution in [0.25, 0.3) is 0 Å². The summed E-state index contributed by atoms with van der Waals surface area (Å²) in [7, 11) is 0. The van der Waals surface area contributed by atoms with Crippen LogP contribution in [0.1, 0.15) is 67.0 Å². The molecule has 0 nitrogen and oxygen atoms in total. The summed E-state index contributed by atoms with van der Waals surface area (Å²) >= 11 is 0. The number of benzene rings is 1. The highest BCUT2D eigenvalue weighted by molar-refractivity contribution is 5.51. The Morgan fingerprint density at radius 1 is 0.706 bits per heavy atom. The van der Waals surface area contributed by atoms with Gasteiger partial charge < -0.3 is 0 Å². The molecular formula is C17H28. The molecule has 17 heavy (non-hydrogen) atoms. The molecule has 0 N–H and O–H groups in total. The van der Waals surface area contributed by atoms with Gasteiger partial charge in [-0.2, -0.15) is 0 Å². The Morgan fingerprint density at radius 3 is 1.65 bits per heavy atom. The van der Waals surface area contributed by atoms with E-state index >= 15 is 0 Å². The van der Waals surface area contributed by atoms with E-state index in [1.807, 2.05) is 0 Å². The first kappa shape index (κ1) is 14.3. The van der Waals surface area contributed by atoms with E-state index in [0.717, 1.165) is 5.92 Å². The third-order valence-electron chi connectivity index (χ3n) is 4.03. The summed E-state index contributed by atoms with van der Waals surface area (Å²) in [6.45, 7) is 18.4. The molecule has 0 aromatic heterocycles. The molecule has 0 heterocycles. The molecule has 0 bridgehead atoms. The molecule has 1 rings (SSSR count). The second-order valence-electron chi connectivity index (χ2n) is 6.14. The lowest BCUT2D eigenvalue weighted by molar-refractivity contribution is 0.639. The highest BCUT2D eigenvalue weighted by Crippen LogP contribution is 2.32. The van der Waals surface area contributed by atoms with Gasteiger partial charge in [0.25, 0.3) is 0 Å². The first-order valence-electron chi connectivity index (χ1n) is 6.86. The van der Waals surface area contributed by atoms with Gasteiger partial charge in [0.15, 0.2) is 0 Å². The van der Waals surface area contributed by atoms with Crippen LogP contribution in [0.4, 0.5) is 0 Å². The molecule has 0 saturated carbocycles. The largest absolute Gasteiger partial charge is 0.0625 e. The average Bonchev–Trinajstić information content (AvgIpc) is 2.21. The van der Waals surface area contributed by atoms with E-state index in [9.17, 15) is 0 Å². The van der Waals surface area contributed by atoms with Gasteiger partial charge in [-0.05, 0) is 79.3 Å². The number of hydrogen-bond donors (Lipinski definition) is 0. The van der Waals surface area contributed by atoms with E-state index in [4.69, 9.17) is 0 Å². The molecule has 0 radical (unpaired) electrons. The van der Waals surface area contributed by atoms with E-state index in [1.165, 1.54) is 28.7 Å². The predicted molar refractivity (Wildman–Crippen MR) is 78.0 cm³/mol. The van der Waals surface area contributed by atoms with Crippen molar-refractivity contribution in [3.63, 3.8) is 0 Å². The lowest BCUT2D eigenvalue weighted by atomic mass is 9.82. The van der Waals surface area contributed by atoms with Crippen molar-refractivity contribution in [2.75, 3.05) is 0 Å². The SMILES string of the molecule is Cc1c(C)c(CC(C)C)c(C)c(C(C)C)c1C. The third kappa shape index (κ3) is 2.73. The Labute approximate surface area is 107 Å². The molecule has 0 aliphatic rings. The van der Waals surface area contributed by atoms with E-state index in [1.54, 1.807) is 11.1 Å². The molecule has 0 aliphatic heterocycles. The summed E-state index contributed by atoms with van der Waals surface area (Å²) in [6, 6.07) is 0. The predicted octanol–water partition coefficient (Wildman–Crippen LogP) is 5.24. The van der Waals surface area contributed by atoms with E-state index < -0.39 is 0 Å². The van der Waals surface area contributed by atoms with Crippen molar-refractivity contribution in [1.82, 2.24) is 0 Å². The fourth-order valence-electron chi connectivity index (χ4n) is 3.02. The van der Waals surface area contributed by atoms with Gasteiger partial charge in [-0.15, -0.1) is 0 Å². The Kier molecular flexibility index (Phi) is 4.41. The Hall–Kier alpha value is -0.780. The van der Waals surface area contributed by atoms with Gasteiger partial charge in [-0.3, -0.25) is 0 Å². The van der Waals surface area contributed by atoms with Crippen LogP contribution in [-0.4, -0.2) is 0 Å². The molecule has 0 aliphatic carbocycles. The second kappa shape index (κ2) is 5.25. The zero-order chi connectivity index (χ0) is 13.3. The van der Waals surface area contributed by atoms with Crippen LogP contribution in [0.3, 0.4) is 0 Å². The van der Waals surface area contributed by atoms with E-state index in [0.29, 0.717) is 5.92 Å². The van der Waals surface area contributed by atoms with Crippen molar-refractivity contribution < 1.29 is 0 Å². The quantitative estimate of drug-likeness (QED) is 0.668. The molecule has 96 valence electrons. The zero-order valence-corrected chi connectivity index (χ0v) is 12.9. The van der Waals surface area contributed by atoms with Crippen molar-refractivity contribution in [1.29, 1.82) is 0 Å². The van der Waals surface area contributed by atoms with Gasteiger partial charge >= 0.3 is 0 Å². The molecule has 0 amide bonds. The van der Waals surface area contributed by atoms with Gasteiger partial charge in [0.05, 0.1) is 0 Å². The monoisotopic (exact) mass is 232 g/mol. The fourth-order valence-corrected chi connectivity index (χ4v) is 3.02. The van der Waals surface area contributed by atoms with E-state index in [-0.39, 0.29) is 0 Å². The fraction of sp³-hybridized carbons (Fsp3) is 0.647. The molecule has 0 saturated heterocycles. The molecule has 0 atom stereocenters. The molecule has 1 aromatic carbocycles. The number of rotatable bonds is 3. The van der Waals surface area contributed by atoms with Gasteiger partial charge in [0, 0.05) is 0 Å². The first-order chi connectivity index (χ1) is 7.77. The lowest BCUT2D eigenvalue weighted by Gasteiger charge is -2.23. The maximum atomic E-state index is 2.31. The summed E-state index contributed by atoms with van der Waals surface area (Å²) in [6.07, 6.45) is 1.21. The first-order valence-corrected chi connectivity index (χ1v) is 6.86. The zero-order valence-electron chi connectivity index (χ0n) is 12.9. The minimum Gasteiger partial charge on any atom is -0.0625 e. The van der Waals surface area contributed by atoms with Crippen molar-refractivity contribution >= 4 is 0 Å². The maximum absolute atomic E-state index is 2.31. The van der Waals surface area contributed by atoms with Crippen LogP contribution in [0.2, 0.25) is 0 Å². The van der Waals surface area contributed by atoms with Crippen LogP contribution in [0, 0.1) is 33.6 Å². The highest BCUT2D eigenvalue weighted by Gasteiger charge is 2.17. The van der Waals surface area contributed by atoms with Crippen molar-refractivity contribution in [2.24, 2.45) is 5.92 Å². The van der Waals surface area contributed by atoms with Gasteiger partial charge in [-0.1, -0.05) is 27.7 Å². The second-order valence-corrected chi connectivity index (χ2v) is 6.14. The minimum atomic E-state index is 0.625. The lowest BCUT2D eigenvalue weighted by Crippen LogP contribution is -2.08. The molecular weight excluding hydrogens is 204 g/mol. The topological polar surface area (TPSA) is 0 Å². The summed E-state index contributed by atoms with van der Waals surface area (Å²) in [5, 5.41) is 0. The van der Waals surface area contributed by atoms with Gasteiger partial charge in [-0.25, -0.2) is 0 Å². The summed E-state index contributed by atoms with van der Waals surface area (Å²) in [5.41, 5.74) is 9.21. The normalized spacial score (nSPS) is 11.6.